The Balaban J connectivity index is 2.37. The zero-order valence-corrected chi connectivity index (χ0v) is 7.50. The number of hydrogen-bond acceptors (Lipinski definition) is 4. The van der Waals surface area contributed by atoms with Crippen molar-refractivity contribution < 1.29 is 14.4 Å². The number of carbonyl (C=O) groups is 3. The van der Waals surface area contributed by atoms with E-state index in [0.717, 1.165) is 6.42 Å². The summed E-state index contributed by atoms with van der Waals surface area (Å²) in [5, 5.41) is 4.17. The molecule has 1 atom stereocenters. The van der Waals surface area contributed by atoms with Gasteiger partial charge in [0.1, 0.15) is 5.41 Å². The Morgan fingerprint density at radius 2 is 1.79 bits per heavy atom. The smallest absolute Gasteiger partial charge is 0.326 e. The standard InChI is InChI=1S/C8H11N3O3/c9-4-2-1-3-8(4)5(12)10-7(14)11-6(8)13/h4H,1-3,9H2,(H2,10,11,12,13,14). The molecule has 0 aromatic rings. The summed E-state index contributed by atoms with van der Waals surface area (Å²) in [5.41, 5.74) is 4.52. The lowest BCUT2D eigenvalue weighted by Crippen LogP contribution is -2.66. The summed E-state index contributed by atoms with van der Waals surface area (Å²) in [5.74, 6) is -1.12. The third-order valence-electron chi connectivity index (χ3n) is 2.98. The molecule has 1 saturated heterocycles. The number of barbiturate groups is 1. The van der Waals surface area contributed by atoms with Gasteiger partial charge in [-0.2, -0.15) is 0 Å². The molecule has 1 aliphatic carbocycles. The lowest BCUT2D eigenvalue weighted by molar-refractivity contribution is -0.144. The Labute approximate surface area is 80.2 Å². The zero-order chi connectivity index (χ0) is 10.3. The van der Waals surface area contributed by atoms with Gasteiger partial charge in [-0.1, -0.05) is 6.42 Å². The fraction of sp³-hybridized carbons (Fsp3) is 0.625. The molecular weight excluding hydrogens is 186 g/mol. The van der Waals surface area contributed by atoms with E-state index in [0.29, 0.717) is 12.8 Å². The molecule has 0 aromatic carbocycles. The van der Waals surface area contributed by atoms with E-state index in [1.807, 2.05) is 0 Å². The molecule has 6 heteroatoms. The first-order valence-electron chi connectivity index (χ1n) is 4.50. The maximum absolute atomic E-state index is 11.6. The van der Waals surface area contributed by atoms with E-state index < -0.39 is 29.3 Å². The number of rotatable bonds is 0. The third-order valence-corrected chi connectivity index (χ3v) is 2.98. The molecule has 14 heavy (non-hydrogen) atoms. The summed E-state index contributed by atoms with van der Waals surface area (Å²) in [6.07, 6.45) is 1.78. The number of nitrogens with two attached hydrogens (primary N) is 1. The molecule has 76 valence electrons. The topological polar surface area (TPSA) is 101 Å². The molecule has 2 aliphatic rings. The summed E-state index contributed by atoms with van der Waals surface area (Å²) in [6.45, 7) is 0. The lowest BCUT2D eigenvalue weighted by atomic mass is 9.79. The summed E-state index contributed by atoms with van der Waals surface area (Å²) in [7, 11) is 0. The number of urea groups is 1. The van der Waals surface area contributed by atoms with Crippen LogP contribution in [-0.2, 0) is 9.59 Å². The van der Waals surface area contributed by atoms with Crippen LogP contribution in [0.1, 0.15) is 19.3 Å². The minimum absolute atomic E-state index is 0.416. The Hall–Kier alpha value is -1.43. The third kappa shape index (κ3) is 0.971. The minimum Gasteiger partial charge on any atom is -0.326 e. The van der Waals surface area contributed by atoms with Crippen molar-refractivity contribution in [2.24, 2.45) is 11.1 Å². The Morgan fingerprint density at radius 1 is 1.21 bits per heavy atom. The van der Waals surface area contributed by atoms with Crippen LogP contribution in [-0.4, -0.2) is 23.9 Å². The normalized spacial score (nSPS) is 30.4. The van der Waals surface area contributed by atoms with Crippen molar-refractivity contribution in [1.29, 1.82) is 0 Å². The van der Waals surface area contributed by atoms with Gasteiger partial charge in [0.05, 0.1) is 0 Å². The van der Waals surface area contributed by atoms with Gasteiger partial charge in [0.15, 0.2) is 0 Å². The molecule has 1 unspecified atom stereocenters. The molecule has 6 nitrogen and oxygen atoms in total. The highest BCUT2D eigenvalue weighted by Crippen LogP contribution is 2.38. The van der Waals surface area contributed by atoms with Crippen LogP contribution >= 0.6 is 0 Å². The van der Waals surface area contributed by atoms with Crippen molar-refractivity contribution in [3.63, 3.8) is 0 Å². The van der Waals surface area contributed by atoms with Crippen molar-refractivity contribution in [1.82, 2.24) is 10.6 Å². The fourth-order valence-corrected chi connectivity index (χ4v) is 2.16. The van der Waals surface area contributed by atoms with Crippen molar-refractivity contribution >= 4 is 17.8 Å². The first kappa shape index (κ1) is 9.14. The molecule has 4 N–H and O–H groups in total. The van der Waals surface area contributed by atoms with E-state index in [2.05, 4.69) is 10.6 Å². The number of hydrogen-bond donors (Lipinski definition) is 3. The average Bonchev–Trinajstić information content (AvgIpc) is 2.45. The molecule has 0 aromatic heterocycles. The summed E-state index contributed by atoms with van der Waals surface area (Å²) >= 11 is 0. The van der Waals surface area contributed by atoms with Crippen molar-refractivity contribution in [3.8, 4) is 0 Å². The van der Waals surface area contributed by atoms with Crippen LogP contribution in [0.2, 0.25) is 0 Å². The average molecular weight is 197 g/mol. The summed E-state index contributed by atoms with van der Waals surface area (Å²) in [4.78, 5) is 34.0. The van der Waals surface area contributed by atoms with E-state index in [1.165, 1.54) is 0 Å². The Bertz CT molecular complexity index is 306. The molecule has 0 bridgehead atoms. The maximum Gasteiger partial charge on any atom is 0.328 e. The molecule has 1 saturated carbocycles. The van der Waals surface area contributed by atoms with Crippen LogP contribution < -0.4 is 16.4 Å². The van der Waals surface area contributed by atoms with Crippen LogP contribution in [0.15, 0.2) is 0 Å². The predicted octanol–water partition coefficient (Wildman–Crippen LogP) is -1.15. The van der Waals surface area contributed by atoms with Gasteiger partial charge in [0, 0.05) is 6.04 Å². The van der Waals surface area contributed by atoms with Crippen LogP contribution in [0.5, 0.6) is 0 Å². The van der Waals surface area contributed by atoms with E-state index in [4.69, 9.17) is 5.73 Å². The second kappa shape index (κ2) is 2.78. The minimum atomic E-state index is -1.21. The summed E-state index contributed by atoms with van der Waals surface area (Å²) < 4.78 is 0. The highest BCUT2D eigenvalue weighted by molar-refractivity contribution is 6.19. The van der Waals surface area contributed by atoms with Crippen molar-refractivity contribution in [2.75, 3.05) is 0 Å². The van der Waals surface area contributed by atoms with E-state index in [9.17, 15) is 14.4 Å². The Kier molecular flexibility index (Phi) is 1.81. The molecular formula is C8H11N3O3. The van der Waals surface area contributed by atoms with E-state index in [1.54, 1.807) is 0 Å². The van der Waals surface area contributed by atoms with Gasteiger partial charge in [0.2, 0.25) is 11.8 Å². The van der Waals surface area contributed by atoms with Gasteiger partial charge in [-0.15, -0.1) is 0 Å². The van der Waals surface area contributed by atoms with E-state index in [-0.39, 0.29) is 0 Å². The molecule has 2 fully saturated rings. The lowest BCUT2D eigenvalue weighted by Gasteiger charge is -2.33. The summed E-state index contributed by atoms with van der Waals surface area (Å²) in [6, 6.07) is -1.25. The number of carbonyl (C=O) groups excluding carboxylic acids is 3. The highest BCUT2D eigenvalue weighted by atomic mass is 16.2. The fourth-order valence-electron chi connectivity index (χ4n) is 2.16. The molecule has 1 heterocycles. The monoisotopic (exact) mass is 197 g/mol. The maximum atomic E-state index is 11.6. The molecule has 0 radical (unpaired) electrons. The van der Waals surface area contributed by atoms with Gasteiger partial charge in [-0.05, 0) is 12.8 Å². The van der Waals surface area contributed by atoms with Gasteiger partial charge in [0.25, 0.3) is 0 Å². The zero-order valence-electron chi connectivity index (χ0n) is 7.50. The highest BCUT2D eigenvalue weighted by Gasteiger charge is 2.56. The first-order valence-corrected chi connectivity index (χ1v) is 4.50. The number of imide groups is 2. The molecule has 4 amide bonds. The van der Waals surface area contributed by atoms with Gasteiger partial charge in [-0.25, -0.2) is 4.79 Å². The van der Waals surface area contributed by atoms with Gasteiger partial charge >= 0.3 is 6.03 Å². The van der Waals surface area contributed by atoms with Crippen LogP contribution in [0.4, 0.5) is 4.79 Å². The largest absolute Gasteiger partial charge is 0.328 e. The molecule has 2 rings (SSSR count). The SMILES string of the molecule is NC1CCCC12C(=O)NC(=O)NC2=O. The quantitative estimate of drug-likeness (QED) is 0.427. The number of nitrogens with one attached hydrogen (secondary N) is 2. The van der Waals surface area contributed by atoms with Gasteiger partial charge < -0.3 is 5.73 Å². The van der Waals surface area contributed by atoms with Crippen molar-refractivity contribution in [2.45, 2.75) is 25.3 Å². The van der Waals surface area contributed by atoms with Crippen LogP contribution in [0.25, 0.3) is 0 Å². The van der Waals surface area contributed by atoms with Crippen LogP contribution in [0.3, 0.4) is 0 Å². The van der Waals surface area contributed by atoms with Crippen molar-refractivity contribution in [3.05, 3.63) is 0 Å². The second-order valence-corrected chi connectivity index (χ2v) is 3.71. The molecule has 1 spiro atoms. The Morgan fingerprint density at radius 3 is 2.21 bits per heavy atom. The van der Waals surface area contributed by atoms with Gasteiger partial charge in [-0.3, -0.25) is 20.2 Å². The second-order valence-electron chi connectivity index (χ2n) is 3.71. The van der Waals surface area contributed by atoms with Crippen LogP contribution in [0, 0.1) is 5.41 Å². The van der Waals surface area contributed by atoms with E-state index >= 15 is 0 Å². The first-order chi connectivity index (χ1) is 6.57. The predicted molar refractivity (Wildman–Crippen MR) is 45.9 cm³/mol. The number of amides is 4. The molecule has 1 aliphatic heterocycles.